The zero-order chi connectivity index (χ0) is 18.1. The van der Waals surface area contributed by atoms with E-state index in [1.807, 2.05) is 30.3 Å². The molecule has 0 saturated heterocycles. The van der Waals surface area contributed by atoms with Crippen LogP contribution >= 0.6 is 0 Å². The predicted octanol–water partition coefficient (Wildman–Crippen LogP) is 1.34. The lowest BCUT2D eigenvalue weighted by molar-refractivity contribution is -0.122. The number of nitrogens with one attached hydrogen (secondary N) is 3. The van der Waals surface area contributed by atoms with Crippen molar-refractivity contribution in [3.05, 3.63) is 71.5 Å². The second kappa shape index (κ2) is 9.17. The van der Waals surface area contributed by atoms with E-state index in [0.29, 0.717) is 0 Å². The van der Waals surface area contributed by atoms with Gasteiger partial charge in [0, 0.05) is 13.0 Å². The molecule has 0 aromatic heterocycles. The van der Waals surface area contributed by atoms with Crippen molar-refractivity contribution < 1.29 is 18.8 Å². The molecule has 3 N–H and O–H groups in total. The van der Waals surface area contributed by atoms with E-state index >= 15 is 0 Å². The third-order valence-electron chi connectivity index (χ3n) is 3.32. The highest BCUT2D eigenvalue weighted by Gasteiger charge is 2.11. The van der Waals surface area contributed by atoms with E-state index in [1.54, 1.807) is 0 Å². The summed E-state index contributed by atoms with van der Waals surface area (Å²) in [7, 11) is 0. The number of hydrogen-bond donors (Lipinski definition) is 3. The zero-order valence-corrected chi connectivity index (χ0v) is 13.4. The monoisotopic (exact) mass is 343 g/mol. The lowest BCUT2D eigenvalue weighted by atomic mass is 10.1. The van der Waals surface area contributed by atoms with Gasteiger partial charge in [-0.2, -0.15) is 0 Å². The van der Waals surface area contributed by atoms with Crippen LogP contribution in [0.5, 0.6) is 0 Å². The van der Waals surface area contributed by atoms with Crippen LogP contribution in [0.25, 0.3) is 0 Å². The molecule has 0 radical (unpaired) electrons. The van der Waals surface area contributed by atoms with E-state index in [4.69, 9.17) is 0 Å². The minimum absolute atomic E-state index is 0.0158. The molecule has 0 bridgehead atoms. The molecular formula is C18H18FN3O3. The molecule has 2 aromatic rings. The summed E-state index contributed by atoms with van der Waals surface area (Å²) in [5, 5.41) is 2.62. The fourth-order valence-corrected chi connectivity index (χ4v) is 2.06. The summed E-state index contributed by atoms with van der Waals surface area (Å²) in [6, 6.07) is 14.7. The number of hydrogen-bond acceptors (Lipinski definition) is 3. The maximum absolute atomic E-state index is 13.4. The third kappa shape index (κ3) is 6.06. The van der Waals surface area contributed by atoms with Crippen LogP contribution in [0.3, 0.4) is 0 Å². The van der Waals surface area contributed by atoms with Crippen molar-refractivity contribution in [2.75, 3.05) is 6.54 Å². The van der Waals surface area contributed by atoms with Gasteiger partial charge in [0.05, 0.1) is 12.0 Å². The summed E-state index contributed by atoms with van der Waals surface area (Å²) in [6.45, 7) is 0.132. The number of rotatable bonds is 6. The normalized spacial score (nSPS) is 9.96. The minimum atomic E-state index is -0.750. The van der Waals surface area contributed by atoms with Crippen LogP contribution in [-0.2, 0) is 16.0 Å². The quantitative estimate of drug-likeness (QED) is 0.692. The van der Waals surface area contributed by atoms with Gasteiger partial charge in [0.25, 0.3) is 5.91 Å². The number of benzene rings is 2. The summed E-state index contributed by atoms with van der Waals surface area (Å²) >= 11 is 0. The smallest absolute Gasteiger partial charge is 0.272 e. The Labute approximate surface area is 144 Å². The fourth-order valence-electron chi connectivity index (χ4n) is 2.06. The highest BCUT2D eigenvalue weighted by atomic mass is 19.1. The maximum Gasteiger partial charge on any atom is 0.272 e. The van der Waals surface area contributed by atoms with Crippen LogP contribution in [0, 0.1) is 5.82 Å². The average molecular weight is 343 g/mol. The molecule has 0 atom stereocenters. The first kappa shape index (κ1) is 18.1. The Bertz CT molecular complexity index is 750. The molecule has 0 aliphatic carbocycles. The Balaban J connectivity index is 1.66. The van der Waals surface area contributed by atoms with Gasteiger partial charge < -0.3 is 5.32 Å². The van der Waals surface area contributed by atoms with Crippen LogP contribution in [0.4, 0.5) is 4.39 Å². The summed E-state index contributed by atoms with van der Waals surface area (Å²) in [4.78, 5) is 35.1. The van der Waals surface area contributed by atoms with Crippen molar-refractivity contribution in [3.63, 3.8) is 0 Å². The largest absolute Gasteiger partial charge is 0.355 e. The van der Waals surface area contributed by atoms with E-state index in [9.17, 15) is 18.8 Å². The van der Waals surface area contributed by atoms with Gasteiger partial charge in [-0.25, -0.2) is 4.39 Å². The first-order chi connectivity index (χ1) is 12.1. The molecule has 2 aromatic carbocycles. The number of carbonyl (C=O) groups excluding carboxylic acids is 3. The molecule has 0 fully saturated rings. The lowest BCUT2D eigenvalue weighted by Gasteiger charge is -2.08. The van der Waals surface area contributed by atoms with E-state index in [2.05, 4.69) is 16.2 Å². The van der Waals surface area contributed by atoms with Crippen LogP contribution in [0.2, 0.25) is 0 Å². The predicted molar refractivity (Wildman–Crippen MR) is 89.8 cm³/mol. The molecule has 2 rings (SSSR count). The number of amides is 3. The van der Waals surface area contributed by atoms with Gasteiger partial charge >= 0.3 is 0 Å². The van der Waals surface area contributed by atoms with E-state index < -0.39 is 17.6 Å². The number of carbonyl (C=O) groups is 3. The summed E-state index contributed by atoms with van der Waals surface area (Å²) in [5.41, 5.74) is 5.01. The Morgan fingerprint density at radius 1 is 0.840 bits per heavy atom. The van der Waals surface area contributed by atoms with Crippen molar-refractivity contribution >= 4 is 17.7 Å². The molecule has 7 heteroatoms. The molecule has 0 unspecified atom stereocenters. The van der Waals surface area contributed by atoms with Gasteiger partial charge in [0.2, 0.25) is 11.8 Å². The molecule has 130 valence electrons. The fraction of sp³-hybridized carbons (Fsp3) is 0.167. The van der Waals surface area contributed by atoms with Gasteiger partial charge in [0.15, 0.2) is 0 Å². The van der Waals surface area contributed by atoms with Crippen molar-refractivity contribution in [2.24, 2.45) is 0 Å². The molecule has 0 spiro atoms. The minimum Gasteiger partial charge on any atom is -0.355 e. The van der Waals surface area contributed by atoms with Crippen LogP contribution in [0.15, 0.2) is 54.6 Å². The second-order valence-corrected chi connectivity index (χ2v) is 5.24. The Hall–Kier alpha value is -3.22. The highest BCUT2D eigenvalue weighted by Crippen LogP contribution is 2.05. The molecule has 3 amide bonds. The number of halogens is 1. The molecule has 6 nitrogen and oxygen atoms in total. The van der Waals surface area contributed by atoms with Gasteiger partial charge in [-0.05, 0) is 17.7 Å². The first-order valence-corrected chi connectivity index (χ1v) is 7.70. The van der Waals surface area contributed by atoms with E-state index in [0.717, 1.165) is 11.6 Å². The summed E-state index contributed by atoms with van der Waals surface area (Å²) < 4.78 is 13.4. The van der Waals surface area contributed by atoms with Crippen molar-refractivity contribution in [3.8, 4) is 0 Å². The lowest BCUT2D eigenvalue weighted by Crippen LogP contribution is -2.43. The first-order valence-electron chi connectivity index (χ1n) is 7.70. The molecule has 0 heterocycles. The van der Waals surface area contributed by atoms with Gasteiger partial charge in [-0.15, -0.1) is 0 Å². The van der Waals surface area contributed by atoms with Crippen LogP contribution in [-0.4, -0.2) is 24.3 Å². The summed E-state index contributed by atoms with van der Waals surface area (Å²) in [5.74, 6) is -2.12. The standard InChI is InChI=1S/C18H18FN3O3/c19-15-9-5-4-8-14(15)18(25)22-21-16(23)10-11-20-17(24)12-13-6-2-1-3-7-13/h1-9H,10-12H2,(H,20,24)(H,21,23)(H,22,25). The van der Waals surface area contributed by atoms with Crippen LogP contribution < -0.4 is 16.2 Å². The number of hydrazine groups is 1. The highest BCUT2D eigenvalue weighted by molar-refractivity contribution is 5.95. The van der Waals surface area contributed by atoms with Crippen molar-refractivity contribution in [2.45, 2.75) is 12.8 Å². The Kier molecular flexibility index (Phi) is 6.65. The average Bonchev–Trinajstić information content (AvgIpc) is 2.61. The second-order valence-electron chi connectivity index (χ2n) is 5.24. The summed E-state index contributed by atoms with van der Waals surface area (Å²) in [6.07, 6.45) is 0.213. The molecule has 0 aliphatic heterocycles. The third-order valence-corrected chi connectivity index (χ3v) is 3.32. The van der Waals surface area contributed by atoms with Gasteiger partial charge in [-0.3, -0.25) is 25.2 Å². The molecule has 25 heavy (non-hydrogen) atoms. The Morgan fingerprint density at radius 3 is 2.24 bits per heavy atom. The SMILES string of the molecule is O=C(Cc1ccccc1)NCCC(=O)NNC(=O)c1ccccc1F. The molecular weight excluding hydrogens is 325 g/mol. The van der Waals surface area contributed by atoms with Crippen molar-refractivity contribution in [1.82, 2.24) is 16.2 Å². The van der Waals surface area contributed by atoms with Gasteiger partial charge in [0.1, 0.15) is 5.82 Å². The zero-order valence-electron chi connectivity index (χ0n) is 13.4. The van der Waals surface area contributed by atoms with Crippen LogP contribution in [0.1, 0.15) is 22.3 Å². The van der Waals surface area contributed by atoms with Gasteiger partial charge in [-0.1, -0.05) is 42.5 Å². The van der Waals surface area contributed by atoms with E-state index in [-0.39, 0.29) is 30.9 Å². The van der Waals surface area contributed by atoms with E-state index in [1.165, 1.54) is 18.2 Å². The van der Waals surface area contributed by atoms with Crippen molar-refractivity contribution in [1.29, 1.82) is 0 Å². The molecule has 0 aliphatic rings. The molecule has 0 saturated carbocycles. The maximum atomic E-state index is 13.4. The Morgan fingerprint density at radius 2 is 1.52 bits per heavy atom. The topological polar surface area (TPSA) is 87.3 Å².